The first-order valence-corrected chi connectivity index (χ1v) is 9.92. The summed E-state index contributed by atoms with van der Waals surface area (Å²) in [5.41, 5.74) is 0.635. The van der Waals surface area contributed by atoms with E-state index in [2.05, 4.69) is 10.1 Å². The van der Waals surface area contributed by atoms with Gasteiger partial charge in [0, 0.05) is 17.4 Å². The number of aryl methyl sites for hydroxylation is 1. The van der Waals surface area contributed by atoms with Gasteiger partial charge < -0.3 is 9.15 Å². The van der Waals surface area contributed by atoms with Crippen LogP contribution in [0.4, 0.5) is 13.2 Å². The number of rotatable bonds is 3. The van der Waals surface area contributed by atoms with E-state index in [1.54, 1.807) is 43.3 Å². The van der Waals surface area contributed by atoms with E-state index in [4.69, 9.17) is 9.15 Å². The molecule has 168 valence electrons. The second kappa shape index (κ2) is 7.22. The summed E-state index contributed by atoms with van der Waals surface area (Å²) < 4.78 is 53.8. The Morgan fingerprint density at radius 2 is 1.82 bits per heavy atom. The van der Waals surface area contributed by atoms with E-state index in [0.29, 0.717) is 28.2 Å². The number of hydrogen-bond acceptors (Lipinski definition) is 5. The Bertz CT molecular complexity index is 1590. The highest BCUT2D eigenvalue weighted by Crippen LogP contribution is 2.33. The van der Waals surface area contributed by atoms with E-state index in [1.807, 2.05) is 13.0 Å². The topological polar surface area (TPSA) is 74.6 Å². The molecule has 0 aliphatic rings. The zero-order valence-corrected chi connectivity index (χ0v) is 17.8. The van der Waals surface area contributed by atoms with Crippen LogP contribution < -0.4 is 10.3 Å². The third kappa shape index (κ3) is 3.25. The van der Waals surface area contributed by atoms with E-state index in [0.717, 1.165) is 16.1 Å². The van der Waals surface area contributed by atoms with E-state index >= 15 is 0 Å². The van der Waals surface area contributed by atoms with Crippen molar-refractivity contribution in [3.63, 3.8) is 0 Å². The van der Waals surface area contributed by atoms with Gasteiger partial charge in [-0.2, -0.15) is 22.8 Å². The summed E-state index contributed by atoms with van der Waals surface area (Å²) in [5, 5.41) is 3.57. The van der Waals surface area contributed by atoms with Gasteiger partial charge >= 0.3 is 6.18 Å². The van der Waals surface area contributed by atoms with Gasteiger partial charge in [-0.25, -0.2) is 4.98 Å². The number of alkyl halides is 3. The van der Waals surface area contributed by atoms with Gasteiger partial charge in [-0.3, -0.25) is 9.36 Å². The fraction of sp³-hybridized carbons (Fsp3) is 0.174. The van der Waals surface area contributed by atoms with Crippen LogP contribution in [0.3, 0.4) is 0 Å². The SMILES string of the molecule is COc1cccc2oc(-c3c(C)n(-c4cccc(C)c4)c4cc(C(F)(F)F)nn4c3=O)nc12. The Morgan fingerprint density at radius 1 is 1.06 bits per heavy atom. The predicted octanol–water partition coefficient (Wildman–Crippen LogP) is 4.94. The summed E-state index contributed by atoms with van der Waals surface area (Å²) in [7, 11) is 1.48. The summed E-state index contributed by atoms with van der Waals surface area (Å²) in [6, 6.07) is 13.1. The van der Waals surface area contributed by atoms with E-state index in [-0.39, 0.29) is 17.1 Å². The molecule has 0 radical (unpaired) electrons. The maximum absolute atomic E-state index is 13.5. The lowest BCUT2D eigenvalue weighted by atomic mass is 10.1. The highest BCUT2D eigenvalue weighted by atomic mass is 19.4. The Balaban J connectivity index is 1.90. The van der Waals surface area contributed by atoms with E-state index in [1.165, 1.54) is 11.7 Å². The van der Waals surface area contributed by atoms with Gasteiger partial charge in [0.25, 0.3) is 5.56 Å². The van der Waals surface area contributed by atoms with Crippen molar-refractivity contribution >= 4 is 16.7 Å². The van der Waals surface area contributed by atoms with Crippen LogP contribution >= 0.6 is 0 Å². The summed E-state index contributed by atoms with van der Waals surface area (Å²) in [5.74, 6) is 0.406. The van der Waals surface area contributed by atoms with Gasteiger partial charge in [-0.15, -0.1) is 0 Å². The molecule has 0 unspecified atom stereocenters. The van der Waals surface area contributed by atoms with E-state index < -0.39 is 17.4 Å². The van der Waals surface area contributed by atoms with E-state index in [9.17, 15) is 18.0 Å². The average Bonchev–Trinajstić information content (AvgIpc) is 3.38. The third-order valence-corrected chi connectivity index (χ3v) is 5.39. The van der Waals surface area contributed by atoms with Crippen molar-refractivity contribution in [1.29, 1.82) is 0 Å². The Hall–Kier alpha value is -4.08. The number of methoxy groups -OCH3 is 1. The van der Waals surface area contributed by atoms with Crippen molar-refractivity contribution in [2.45, 2.75) is 20.0 Å². The predicted molar refractivity (Wildman–Crippen MR) is 115 cm³/mol. The Kier molecular flexibility index (Phi) is 4.55. The van der Waals surface area contributed by atoms with Crippen LogP contribution in [-0.2, 0) is 6.18 Å². The number of benzene rings is 2. The summed E-state index contributed by atoms with van der Waals surface area (Å²) in [6.07, 6.45) is -4.72. The molecule has 3 aromatic heterocycles. The lowest BCUT2D eigenvalue weighted by molar-refractivity contribution is -0.141. The first-order valence-electron chi connectivity index (χ1n) is 9.92. The van der Waals surface area contributed by atoms with Gasteiger partial charge in [-0.05, 0) is 43.7 Å². The first-order chi connectivity index (χ1) is 15.7. The molecule has 0 saturated heterocycles. The molecule has 0 spiro atoms. The Morgan fingerprint density at radius 3 is 2.52 bits per heavy atom. The van der Waals surface area contributed by atoms with Crippen molar-refractivity contribution in [1.82, 2.24) is 19.2 Å². The molecule has 10 heteroatoms. The molecule has 0 fully saturated rings. The van der Waals surface area contributed by atoms with Crippen LogP contribution in [-0.4, -0.2) is 26.3 Å². The molecule has 7 nitrogen and oxygen atoms in total. The normalized spacial score (nSPS) is 12.1. The number of para-hydroxylation sites is 1. The van der Waals surface area contributed by atoms with Gasteiger partial charge in [0.1, 0.15) is 17.0 Å². The van der Waals surface area contributed by atoms with Gasteiger partial charge in [0.05, 0.1) is 7.11 Å². The van der Waals surface area contributed by atoms with Crippen molar-refractivity contribution in [3.8, 4) is 22.9 Å². The van der Waals surface area contributed by atoms with Crippen LogP contribution in [0.2, 0.25) is 0 Å². The van der Waals surface area contributed by atoms with Gasteiger partial charge in [0.15, 0.2) is 16.8 Å². The molecular weight excluding hydrogens is 437 g/mol. The monoisotopic (exact) mass is 454 g/mol. The zero-order valence-electron chi connectivity index (χ0n) is 17.8. The molecule has 0 atom stereocenters. The lowest BCUT2D eigenvalue weighted by Crippen LogP contribution is -2.23. The molecule has 5 aromatic rings. The minimum absolute atomic E-state index is 0.000848. The van der Waals surface area contributed by atoms with Crippen LogP contribution in [0, 0.1) is 13.8 Å². The Labute approximate surface area is 184 Å². The number of ether oxygens (including phenoxy) is 1. The van der Waals surface area contributed by atoms with Gasteiger partial charge in [0.2, 0.25) is 5.89 Å². The number of aromatic nitrogens is 4. The molecule has 5 rings (SSSR count). The maximum atomic E-state index is 13.5. The highest BCUT2D eigenvalue weighted by molar-refractivity contribution is 5.82. The molecule has 0 N–H and O–H groups in total. The smallest absolute Gasteiger partial charge is 0.435 e. The van der Waals surface area contributed by atoms with Crippen LogP contribution in [0.15, 0.2) is 57.7 Å². The number of fused-ring (bicyclic) bond motifs is 2. The third-order valence-electron chi connectivity index (χ3n) is 5.39. The highest BCUT2D eigenvalue weighted by Gasteiger charge is 2.35. The molecular formula is C23H17F3N4O3. The number of hydrogen-bond donors (Lipinski definition) is 0. The molecule has 2 aromatic carbocycles. The molecule has 0 saturated carbocycles. The average molecular weight is 454 g/mol. The summed E-state index contributed by atoms with van der Waals surface area (Å²) in [6.45, 7) is 3.50. The fourth-order valence-electron chi connectivity index (χ4n) is 3.90. The van der Waals surface area contributed by atoms with Crippen molar-refractivity contribution in [2.75, 3.05) is 7.11 Å². The molecule has 0 bridgehead atoms. The van der Waals surface area contributed by atoms with Crippen LogP contribution in [0.1, 0.15) is 17.0 Å². The molecule has 0 amide bonds. The van der Waals surface area contributed by atoms with Crippen molar-refractivity contribution in [3.05, 3.63) is 75.8 Å². The first kappa shape index (κ1) is 20.8. The lowest BCUT2D eigenvalue weighted by Gasteiger charge is -2.15. The minimum atomic E-state index is -4.72. The molecule has 33 heavy (non-hydrogen) atoms. The minimum Gasteiger partial charge on any atom is -0.494 e. The van der Waals surface area contributed by atoms with Crippen molar-refractivity contribution in [2.24, 2.45) is 0 Å². The summed E-state index contributed by atoms with van der Waals surface area (Å²) >= 11 is 0. The largest absolute Gasteiger partial charge is 0.494 e. The van der Waals surface area contributed by atoms with Crippen molar-refractivity contribution < 1.29 is 22.3 Å². The number of oxazole rings is 1. The standard InChI is InChI=1S/C23H17F3N4O3/c1-12-6-4-7-14(10-12)29-13(2)19(21-27-20-15(32-3)8-5-9-16(20)33-21)22(31)30-18(29)11-17(28-30)23(24,25)26/h4-11H,1-3H3. The number of nitrogens with zero attached hydrogens (tertiary/aromatic N) is 4. The number of halogens is 3. The second-order valence-electron chi connectivity index (χ2n) is 7.56. The van der Waals surface area contributed by atoms with Crippen LogP contribution in [0.5, 0.6) is 5.75 Å². The quantitative estimate of drug-likeness (QED) is 0.386. The maximum Gasteiger partial charge on any atom is 0.435 e. The van der Waals surface area contributed by atoms with Crippen LogP contribution in [0.25, 0.3) is 33.9 Å². The molecule has 0 aliphatic heterocycles. The molecule has 0 aliphatic carbocycles. The zero-order chi connectivity index (χ0) is 23.5. The second-order valence-corrected chi connectivity index (χ2v) is 7.56. The fourth-order valence-corrected chi connectivity index (χ4v) is 3.90. The van der Waals surface area contributed by atoms with Gasteiger partial charge in [-0.1, -0.05) is 18.2 Å². The molecule has 3 heterocycles. The summed E-state index contributed by atoms with van der Waals surface area (Å²) in [4.78, 5) is 17.8.